The highest BCUT2D eigenvalue weighted by Gasteiger charge is 2.19. The largest absolute Gasteiger partial charge is 0.495 e. The number of ether oxygens (including phenoxy) is 1. The van der Waals surface area contributed by atoms with Crippen LogP contribution in [0.25, 0.3) is 0 Å². The second kappa shape index (κ2) is 7.01. The molecular formula is C12H18BrNO2S. The Hall–Kier alpha value is -0.550. The molecule has 0 spiro atoms. The van der Waals surface area contributed by atoms with E-state index in [0.29, 0.717) is 16.5 Å². The van der Waals surface area contributed by atoms with E-state index in [-0.39, 0.29) is 11.9 Å². The van der Waals surface area contributed by atoms with Crippen molar-refractivity contribution in [3.05, 3.63) is 16.3 Å². The van der Waals surface area contributed by atoms with Gasteiger partial charge in [0.05, 0.1) is 7.11 Å². The van der Waals surface area contributed by atoms with Crippen LogP contribution in [0.3, 0.4) is 0 Å². The van der Waals surface area contributed by atoms with E-state index in [1.54, 1.807) is 7.11 Å². The lowest BCUT2D eigenvalue weighted by atomic mass is 10.0. The minimum atomic E-state index is -0.0449. The van der Waals surface area contributed by atoms with E-state index in [1.165, 1.54) is 11.3 Å². The van der Waals surface area contributed by atoms with Crippen LogP contribution in [0.4, 0.5) is 0 Å². The van der Waals surface area contributed by atoms with E-state index in [0.717, 1.165) is 11.8 Å². The topological polar surface area (TPSA) is 38.3 Å². The molecule has 0 aliphatic heterocycles. The summed E-state index contributed by atoms with van der Waals surface area (Å²) >= 11 is 4.82. The Morgan fingerprint density at radius 2 is 2.29 bits per heavy atom. The summed E-state index contributed by atoms with van der Waals surface area (Å²) in [6.45, 7) is 4.22. The summed E-state index contributed by atoms with van der Waals surface area (Å²) in [6, 6.07) is 2.00. The number of halogens is 1. The first-order chi connectivity index (χ1) is 8.10. The van der Waals surface area contributed by atoms with Gasteiger partial charge in [0.1, 0.15) is 10.6 Å². The lowest BCUT2D eigenvalue weighted by Gasteiger charge is -2.21. The normalized spacial score (nSPS) is 12.5. The molecule has 1 N–H and O–H groups in total. The average Bonchev–Trinajstić information content (AvgIpc) is 2.76. The van der Waals surface area contributed by atoms with Gasteiger partial charge in [-0.3, -0.25) is 4.79 Å². The van der Waals surface area contributed by atoms with Crippen LogP contribution in [0.15, 0.2) is 11.4 Å². The standard InChI is InChI=1S/C12H18BrNO2S/c1-8(2)9(4-6-13)14-12(15)11-10(16-3)5-7-17-11/h5,7-9H,4,6H2,1-3H3,(H,14,15). The summed E-state index contributed by atoms with van der Waals surface area (Å²) < 4.78 is 5.15. The third-order valence-corrected chi connectivity index (χ3v) is 3.95. The molecule has 1 amide bonds. The number of hydrogen-bond donors (Lipinski definition) is 1. The van der Waals surface area contributed by atoms with Crippen LogP contribution in [0.5, 0.6) is 5.75 Å². The number of alkyl halides is 1. The first-order valence-corrected chi connectivity index (χ1v) is 7.58. The first kappa shape index (κ1) is 14.5. The lowest BCUT2D eigenvalue weighted by Crippen LogP contribution is -2.38. The van der Waals surface area contributed by atoms with Crippen LogP contribution in [-0.2, 0) is 0 Å². The van der Waals surface area contributed by atoms with Crippen molar-refractivity contribution in [2.24, 2.45) is 5.92 Å². The second-order valence-corrected chi connectivity index (χ2v) is 5.83. The molecule has 1 aromatic rings. The minimum absolute atomic E-state index is 0.0449. The number of hydrogen-bond acceptors (Lipinski definition) is 3. The van der Waals surface area contributed by atoms with Crippen LogP contribution >= 0.6 is 27.3 Å². The minimum Gasteiger partial charge on any atom is -0.495 e. The molecule has 5 heteroatoms. The fraction of sp³-hybridized carbons (Fsp3) is 0.583. The Morgan fingerprint density at radius 1 is 1.59 bits per heavy atom. The van der Waals surface area contributed by atoms with Crippen molar-refractivity contribution in [2.45, 2.75) is 26.3 Å². The summed E-state index contributed by atoms with van der Waals surface area (Å²) in [7, 11) is 1.58. The van der Waals surface area contributed by atoms with Crippen LogP contribution in [0.2, 0.25) is 0 Å². The molecule has 0 saturated heterocycles. The van der Waals surface area contributed by atoms with Gasteiger partial charge < -0.3 is 10.1 Å². The molecule has 1 heterocycles. The van der Waals surface area contributed by atoms with Gasteiger partial charge in [0, 0.05) is 11.4 Å². The van der Waals surface area contributed by atoms with Gasteiger partial charge in [0.25, 0.3) is 5.91 Å². The SMILES string of the molecule is COc1ccsc1C(=O)NC(CCBr)C(C)C. The average molecular weight is 320 g/mol. The molecule has 96 valence electrons. The fourth-order valence-corrected chi connectivity index (χ4v) is 2.80. The Balaban J connectivity index is 2.70. The molecule has 0 fully saturated rings. The number of rotatable bonds is 6. The lowest BCUT2D eigenvalue weighted by molar-refractivity contribution is 0.0926. The Kier molecular flexibility index (Phi) is 5.98. The Morgan fingerprint density at radius 3 is 2.82 bits per heavy atom. The molecule has 0 saturated carbocycles. The van der Waals surface area contributed by atoms with Gasteiger partial charge in [0.15, 0.2) is 0 Å². The predicted octanol–water partition coefficient (Wildman–Crippen LogP) is 3.30. The maximum atomic E-state index is 12.1. The zero-order chi connectivity index (χ0) is 12.8. The van der Waals surface area contributed by atoms with Gasteiger partial charge >= 0.3 is 0 Å². The molecule has 1 aromatic heterocycles. The zero-order valence-corrected chi connectivity index (χ0v) is 12.7. The molecule has 0 aliphatic rings. The van der Waals surface area contributed by atoms with Crippen molar-refractivity contribution in [2.75, 3.05) is 12.4 Å². The number of carbonyl (C=O) groups excluding carboxylic acids is 1. The first-order valence-electron chi connectivity index (χ1n) is 5.58. The summed E-state index contributed by atoms with van der Waals surface area (Å²) in [6.07, 6.45) is 0.928. The predicted molar refractivity (Wildman–Crippen MR) is 75.4 cm³/mol. The molecule has 1 atom stereocenters. The second-order valence-electron chi connectivity index (χ2n) is 4.12. The highest BCUT2D eigenvalue weighted by molar-refractivity contribution is 9.09. The Bertz CT molecular complexity index is 365. The summed E-state index contributed by atoms with van der Waals surface area (Å²) in [4.78, 5) is 12.7. The van der Waals surface area contributed by atoms with E-state index in [4.69, 9.17) is 4.74 Å². The van der Waals surface area contributed by atoms with Crippen LogP contribution in [0, 0.1) is 5.92 Å². The molecule has 0 aliphatic carbocycles. The maximum absolute atomic E-state index is 12.1. The van der Waals surface area contributed by atoms with Crippen molar-refractivity contribution < 1.29 is 9.53 Å². The van der Waals surface area contributed by atoms with Crippen molar-refractivity contribution in [1.82, 2.24) is 5.32 Å². The number of methoxy groups -OCH3 is 1. The van der Waals surface area contributed by atoms with E-state index < -0.39 is 0 Å². The van der Waals surface area contributed by atoms with Gasteiger partial charge in [-0.25, -0.2) is 0 Å². The van der Waals surface area contributed by atoms with Crippen molar-refractivity contribution in [3.63, 3.8) is 0 Å². The summed E-state index contributed by atoms with van der Waals surface area (Å²) in [5.74, 6) is 1.02. The van der Waals surface area contributed by atoms with Gasteiger partial charge in [-0.1, -0.05) is 29.8 Å². The maximum Gasteiger partial charge on any atom is 0.265 e. The Labute approximate surface area is 115 Å². The van der Waals surface area contributed by atoms with E-state index in [1.807, 2.05) is 11.4 Å². The smallest absolute Gasteiger partial charge is 0.265 e. The van der Waals surface area contributed by atoms with E-state index >= 15 is 0 Å². The molecular weight excluding hydrogens is 302 g/mol. The van der Waals surface area contributed by atoms with Gasteiger partial charge in [-0.05, 0) is 23.8 Å². The van der Waals surface area contributed by atoms with Crippen molar-refractivity contribution in [3.8, 4) is 5.75 Å². The fourth-order valence-electron chi connectivity index (χ4n) is 1.55. The molecule has 3 nitrogen and oxygen atoms in total. The molecule has 0 aromatic carbocycles. The third-order valence-electron chi connectivity index (χ3n) is 2.60. The third kappa shape index (κ3) is 4.00. The molecule has 0 bridgehead atoms. The van der Waals surface area contributed by atoms with Crippen LogP contribution in [-0.4, -0.2) is 24.4 Å². The number of nitrogens with one attached hydrogen (secondary N) is 1. The molecule has 1 unspecified atom stereocenters. The molecule has 17 heavy (non-hydrogen) atoms. The highest BCUT2D eigenvalue weighted by atomic mass is 79.9. The van der Waals surface area contributed by atoms with E-state index in [9.17, 15) is 4.79 Å². The van der Waals surface area contributed by atoms with Crippen LogP contribution in [0.1, 0.15) is 29.9 Å². The van der Waals surface area contributed by atoms with Gasteiger partial charge in [-0.15, -0.1) is 11.3 Å². The van der Waals surface area contributed by atoms with Gasteiger partial charge in [-0.2, -0.15) is 0 Å². The summed E-state index contributed by atoms with van der Waals surface area (Å²) in [5.41, 5.74) is 0. The van der Waals surface area contributed by atoms with Crippen molar-refractivity contribution in [1.29, 1.82) is 0 Å². The van der Waals surface area contributed by atoms with Crippen molar-refractivity contribution >= 4 is 33.2 Å². The van der Waals surface area contributed by atoms with E-state index in [2.05, 4.69) is 35.1 Å². The molecule has 1 rings (SSSR count). The quantitative estimate of drug-likeness (QED) is 0.817. The highest BCUT2D eigenvalue weighted by Crippen LogP contribution is 2.24. The number of thiophene rings is 1. The number of amides is 1. The number of carbonyl (C=O) groups is 1. The monoisotopic (exact) mass is 319 g/mol. The molecule has 0 radical (unpaired) electrons. The summed E-state index contributed by atoms with van der Waals surface area (Å²) in [5, 5.41) is 5.81. The van der Waals surface area contributed by atoms with Gasteiger partial charge in [0.2, 0.25) is 0 Å². The zero-order valence-electron chi connectivity index (χ0n) is 10.3. The van der Waals surface area contributed by atoms with Crippen LogP contribution < -0.4 is 10.1 Å².